The highest BCUT2D eigenvalue weighted by Gasteiger charge is 2.25. The Labute approximate surface area is 440 Å². The molecule has 1 fully saturated rings. The Bertz CT molecular complexity index is 3820. The number of anilines is 1. The first kappa shape index (κ1) is 53.9. The molecule has 0 spiro atoms. The van der Waals surface area contributed by atoms with E-state index >= 15 is 0 Å². The van der Waals surface area contributed by atoms with E-state index in [0.717, 1.165) is 74.8 Å². The second kappa shape index (κ2) is 23.5. The maximum Gasteiger partial charge on any atom is 0.286 e. The van der Waals surface area contributed by atoms with Crippen molar-refractivity contribution in [1.82, 2.24) is 50.0 Å². The summed E-state index contributed by atoms with van der Waals surface area (Å²) < 4.78 is 98.0. The van der Waals surface area contributed by atoms with Crippen molar-refractivity contribution in [3.05, 3.63) is 232 Å². The zero-order valence-electron chi connectivity index (χ0n) is 40.9. The minimum atomic E-state index is -1.70. The second-order valence-electron chi connectivity index (χ2n) is 17.5. The average Bonchev–Trinajstić information content (AvgIpc) is 4.36. The number of nitrogens with two attached hydrogens (primary N) is 1. The molecular weight excluding hydrogens is 1050 g/mol. The van der Waals surface area contributed by atoms with Crippen molar-refractivity contribution < 1.29 is 54.6 Å². The zero-order valence-corrected chi connectivity index (χ0v) is 40.9. The Morgan fingerprint density at radius 3 is 1.53 bits per heavy atom. The summed E-state index contributed by atoms with van der Waals surface area (Å²) in [5, 5.41) is 24.0. The van der Waals surface area contributed by atoms with Gasteiger partial charge >= 0.3 is 0 Å². The van der Waals surface area contributed by atoms with Gasteiger partial charge in [0, 0.05) is 78.7 Å². The van der Waals surface area contributed by atoms with Gasteiger partial charge in [0.15, 0.2) is 46.6 Å². The number of fused-ring (bicyclic) bond motifs is 2. The minimum Gasteiger partial charge on any atom is -0.398 e. The Morgan fingerprint density at radius 2 is 1.10 bits per heavy atom. The maximum absolute atomic E-state index is 13.6. The van der Waals surface area contributed by atoms with Crippen LogP contribution in [0.3, 0.4) is 0 Å². The largest absolute Gasteiger partial charge is 0.398 e. The lowest BCUT2D eigenvalue weighted by atomic mass is 10.1. The van der Waals surface area contributed by atoms with Gasteiger partial charge in [-0.25, -0.2) is 26.3 Å². The number of aromatic nitrogens is 8. The third kappa shape index (κ3) is 12.4. The molecule has 3 aliphatic rings. The summed E-state index contributed by atoms with van der Waals surface area (Å²) in [5.74, 6) is -10.1. The number of hydrogen-bond acceptors (Lipinski definition) is 16. The molecule has 0 radical (unpaired) electrons. The highest BCUT2D eigenvalue weighted by molar-refractivity contribution is 5.95. The van der Waals surface area contributed by atoms with E-state index in [1.807, 2.05) is 24.3 Å². The summed E-state index contributed by atoms with van der Waals surface area (Å²) in [5.41, 5.74) is 7.30. The Kier molecular flexibility index (Phi) is 16.1. The van der Waals surface area contributed by atoms with E-state index in [-0.39, 0.29) is 65.4 Å². The molecule has 2 amide bonds. The van der Waals surface area contributed by atoms with Gasteiger partial charge in [0.25, 0.3) is 40.4 Å². The van der Waals surface area contributed by atoms with Crippen molar-refractivity contribution in [3.63, 3.8) is 0 Å². The highest BCUT2D eigenvalue weighted by Crippen LogP contribution is 2.32. The number of nitrogens with one attached hydrogen (secondary N) is 2. The van der Waals surface area contributed by atoms with Crippen LogP contribution < -0.4 is 27.5 Å². The molecule has 1 saturated heterocycles. The van der Waals surface area contributed by atoms with E-state index in [1.165, 1.54) is 25.1 Å². The first-order valence-corrected chi connectivity index (χ1v) is 23.8. The maximum atomic E-state index is 13.6. The lowest BCUT2D eigenvalue weighted by Gasteiger charge is -2.11. The molecule has 2 aliphatic carbocycles. The zero-order chi connectivity index (χ0) is 55.9. The predicted molar refractivity (Wildman–Crippen MR) is 264 cm³/mol. The van der Waals surface area contributed by atoms with Crippen molar-refractivity contribution in [3.8, 4) is 0 Å². The first-order valence-electron chi connectivity index (χ1n) is 23.8. The van der Waals surface area contributed by atoms with Crippen LogP contribution in [-0.2, 0) is 43.8 Å². The normalized spacial score (nSPS) is 13.0. The molecule has 79 heavy (non-hydrogen) atoms. The molecule has 404 valence electrons. The molecule has 7 heterocycles. The summed E-state index contributed by atoms with van der Waals surface area (Å²) in [6.45, 7) is 0.691. The predicted octanol–water partition coefficient (Wildman–Crippen LogP) is 6.31. The van der Waals surface area contributed by atoms with Crippen LogP contribution in [0.2, 0.25) is 0 Å². The van der Waals surface area contributed by atoms with E-state index in [2.05, 4.69) is 40.9 Å². The number of nitrogen functional groups attached to an aromatic ring is 1. The van der Waals surface area contributed by atoms with Gasteiger partial charge in [-0.2, -0.15) is 9.97 Å². The fraction of sp³-hybridized carbons (Fsp3) is 0.192. The molecule has 8 aromatic rings. The SMILES string of the molecule is C1CCOC1.Nc1cc(C(=O)NCc2noc(C3=CCc4ncccc43)n2)c(=O)n(Cc2cc(F)c(F)c(F)c2)c1.O=C(NCc1noc(C2=CCc3ncccc32)n1)c1cc([N+](=O)[O-])cn(Cc2cc(F)c(F)c(F)c2)c1=O. The van der Waals surface area contributed by atoms with Crippen molar-refractivity contribution in [1.29, 1.82) is 0 Å². The molecule has 11 rings (SSSR count). The number of allylic oxidation sites excluding steroid dienone is 2. The van der Waals surface area contributed by atoms with Gasteiger partial charge < -0.3 is 39.3 Å². The molecule has 2 aromatic carbocycles. The van der Waals surface area contributed by atoms with Gasteiger partial charge in [0.05, 0.1) is 48.7 Å². The number of nitro groups is 1. The smallest absolute Gasteiger partial charge is 0.286 e. The average molecular weight is 1090 g/mol. The van der Waals surface area contributed by atoms with Crippen LogP contribution in [0.25, 0.3) is 11.1 Å². The first-order chi connectivity index (χ1) is 38.0. The molecule has 4 N–H and O–H groups in total. The number of carbonyl (C=O) groups excluding carboxylic acids is 2. The molecule has 1 aliphatic heterocycles. The number of hydrogen-bond donors (Lipinski definition) is 3. The number of halogens is 6. The van der Waals surface area contributed by atoms with Crippen LogP contribution in [0.5, 0.6) is 0 Å². The second-order valence-corrected chi connectivity index (χ2v) is 17.5. The lowest BCUT2D eigenvalue weighted by Crippen LogP contribution is -2.33. The van der Waals surface area contributed by atoms with Crippen LogP contribution in [-0.4, -0.2) is 69.3 Å². The summed E-state index contributed by atoms with van der Waals surface area (Å²) in [4.78, 5) is 78.9. The number of nitrogens with zero attached hydrogens (tertiary/aromatic N) is 9. The van der Waals surface area contributed by atoms with Crippen LogP contribution >= 0.6 is 0 Å². The van der Waals surface area contributed by atoms with E-state index in [0.29, 0.717) is 30.5 Å². The number of benzene rings is 2. The van der Waals surface area contributed by atoms with Crippen molar-refractivity contribution in [2.24, 2.45) is 0 Å². The van der Waals surface area contributed by atoms with E-state index < -0.39 is 80.6 Å². The summed E-state index contributed by atoms with van der Waals surface area (Å²) in [6, 6.07) is 12.1. The van der Waals surface area contributed by atoms with Crippen molar-refractivity contribution in [2.45, 2.75) is 51.9 Å². The van der Waals surface area contributed by atoms with Gasteiger partial charge in [-0.3, -0.25) is 39.3 Å². The van der Waals surface area contributed by atoms with E-state index in [1.54, 1.807) is 24.5 Å². The number of carbonyl (C=O) groups is 2. The van der Waals surface area contributed by atoms with E-state index in [4.69, 9.17) is 19.5 Å². The molecule has 0 unspecified atom stereocenters. The van der Waals surface area contributed by atoms with Gasteiger partial charge in [0.2, 0.25) is 0 Å². The van der Waals surface area contributed by atoms with Crippen molar-refractivity contribution in [2.75, 3.05) is 18.9 Å². The molecule has 6 aromatic heterocycles. The van der Waals surface area contributed by atoms with Gasteiger partial charge in [-0.15, -0.1) is 0 Å². The standard InChI is InChI=1S/C24H15F3N6O5.C24H17F3N6O3.C4H8O/c25-17-6-12(7-18(26)21(17)27)10-32-11-13(33(36)37)8-16(24(32)35)22(34)29-9-20-30-23(38-31-20)15-3-4-19-14(15)2-1-5-28-19;25-17-6-12(7-18(26)21(17)27)10-33-11-13(28)8-16(24(33)35)22(34)30-9-20-31-23(36-32-20)15-3-4-19-14(15)2-1-5-29-19;1-2-4-5-3-1/h1-3,5-8,11H,4,9-10H2,(H,29,34);1-3,5-8,11H,4,9-10,28H2,(H,30,34);1-4H2. The topological polar surface area (TPSA) is 284 Å². The number of pyridine rings is 4. The quantitative estimate of drug-likeness (QED) is 0.0494. The van der Waals surface area contributed by atoms with Gasteiger partial charge in [-0.05, 0) is 66.4 Å². The third-order valence-electron chi connectivity index (χ3n) is 12.1. The molecule has 21 nitrogen and oxygen atoms in total. The molecule has 0 saturated carbocycles. The fourth-order valence-corrected chi connectivity index (χ4v) is 8.33. The monoisotopic (exact) mass is 1090 g/mol. The molecule has 27 heteroatoms. The van der Waals surface area contributed by atoms with Crippen molar-refractivity contribution >= 4 is 34.3 Å². The molecular formula is C52H40F6N12O9. The third-order valence-corrected chi connectivity index (χ3v) is 12.1. The Hall–Kier alpha value is -9.92. The number of ether oxygens (including phenoxy) is 1. The summed E-state index contributed by atoms with van der Waals surface area (Å²) in [7, 11) is 0. The summed E-state index contributed by atoms with van der Waals surface area (Å²) in [6.07, 6.45) is 13.0. The number of amides is 2. The Morgan fingerprint density at radius 1 is 0.658 bits per heavy atom. The van der Waals surface area contributed by atoms with Gasteiger partial charge in [0.1, 0.15) is 11.1 Å². The minimum absolute atomic E-state index is 0.0252. The fourth-order valence-electron chi connectivity index (χ4n) is 8.33. The molecule has 0 bridgehead atoms. The van der Waals surface area contributed by atoms with E-state index in [9.17, 15) is 55.6 Å². The van der Waals surface area contributed by atoms with Crippen LogP contribution in [0.1, 0.15) is 90.6 Å². The van der Waals surface area contributed by atoms with Crippen LogP contribution in [0.15, 0.2) is 116 Å². The van der Waals surface area contributed by atoms with Gasteiger partial charge in [-0.1, -0.05) is 34.6 Å². The number of rotatable bonds is 13. The lowest BCUT2D eigenvalue weighted by molar-refractivity contribution is -0.385. The Balaban J connectivity index is 0.000000176. The highest BCUT2D eigenvalue weighted by atomic mass is 19.2. The van der Waals surface area contributed by atoms with Crippen LogP contribution in [0, 0.1) is 45.0 Å². The van der Waals surface area contributed by atoms with Crippen LogP contribution in [0.4, 0.5) is 37.7 Å². The summed E-state index contributed by atoms with van der Waals surface area (Å²) >= 11 is 0. The molecule has 0 atom stereocenters.